The number of alkyl halides is 3. The van der Waals surface area contributed by atoms with Gasteiger partial charge in [-0.1, -0.05) is 11.6 Å². The molecule has 0 saturated heterocycles. The van der Waals surface area contributed by atoms with Crippen molar-refractivity contribution in [2.45, 2.75) is 56.2 Å². The first-order chi connectivity index (χ1) is 16.0. The van der Waals surface area contributed by atoms with Crippen molar-refractivity contribution in [3.8, 4) is 5.75 Å². The fourth-order valence-electron chi connectivity index (χ4n) is 5.14. The van der Waals surface area contributed by atoms with Crippen LogP contribution >= 0.6 is 11.6 Å². The normalized spacial score (nSPS) is 29.1. The highest BCUT2D eigenvalue weighted by atomic mass is 35.5. The lowest BCUT2D eigenvalue weighted by atomic mass is 9.39. The molecule has 180 valence electrons. The highest BCUT2D eigenvalue weighted by molar-refractivity contribution is 6.30. The SMILES string of the molecule is O=C(NC12CC(C(=O)NCc3ccc(C(F)(F)F)cn3)(C1)C2)C1CC(O)c2cc(Cl)ccc2O1. The number of aliphatic hydroxyl groups excluding tert-OH is 1. The van der Waals surface area contributed by atoms with Crippen molar-refractivity contribution < 1.29 is 32.6 Å². The third-order valence-corrected chi connectivity index (χ3v) is 7.05. The second kappa shape index (κ2) is 7.84. The van der Waals surface area contributed by atoms with Gasteiger partial charge in [0.1, 0.15) is 5.75 Å². The summed E-state index contributed by atoms with van der Waals surface area (Å²) in [6.45, 7) is 0.0231. The van der Waals surface area contributed by atoms with Crippen molar-refractivity contribution in [2.24, 2.45) is 5.41 Å². The summed E-state index contributed by atoms with van der Waals surface area (Å²) in [5.41, 5.74) is -1.04. The van der Waals surface area contributed by atoms with Gasteiger partial charge in [-0.3, -0.25) is 14.6 Å². The van der Waals surface area contributed by atoms with E-state index in [2.05, 4.69) is 15.6 Å². The largest absolute Gasteiger partial charge is 0.480 e. The number of carbonyl (C=O) groups is 2. The van der Waals surface area contributed by atoms with Crippen LogP contribution in [0, 0.1) is 5.41 Å². The van der Waals surface area contributed by atoms with Crippen molar-refractivity contribution in [1.82, 2.24) is 15.6 Å². The van der Waals surface area contributed by atoms with Crippen molar-refractivity contribution in [1.29, 1.82) is 0 Å². The highest BCUT2D eigenvalue weighted by Gasteiger charge is 2.72. The Kier molecular flexibility index (Phi) is 5.29. The highest BCUT2D eigenvalue weighted by Crippen LogP contribution is 2.67. The average molecular weight is 496 g/mol. The Morgan fingerprint density at radius 3 is 2.59 bits per heavy atom. The number of ether oxygens (including phenoxy) is 1. The van der Waals surface area contributed by atoms with Gasteiger partial charge in [-0.25, -0.2) is 0 Å². The molecule has 2 aromatic rings. The summed E-state index contributed by atoms with van der Waals surface area (Å²) in [6, 6.07) is 7.01. The predicted molar refractivity (Wildman–Crippen MR) is 114 cm³/mol. The lowest BCUT2D eigenvalue weighted by Gasteiger charge is -2.69. The number of nitrogens with zero attached hydrogens (tertiary/aromatic N) is 1. The van der Waals surface area contributed by atoms with Crippen LogP contribution in [0.15, 0.2) is 36.5 Å². The van der Waals surface area contributed by atoms with E-state index >= 15 is 0 Å². The van der Waals surface area contributed by atoms with Gasteiger partial charge in [-0.15, -0.1) is 0 Å². The molecule has 3 fully saturated rings. The summed E-state index contributed by atoms with van der Waals surface area (Å²) in [5.74, 6) is -0.142. The van der Waals surface area contributed by atoms with Crippen LogP contribution in [0.5, 0.6) is 5.75 Å². The van der Waals surface area contributed by atoms with Gasteiger partial charge in [0.25, 0.3) is 5.91 Å². The molecule has 3 N–H and O–H groups in total. The number of aliphatic hydroxyl groups is 1. The Balaban J connectivity index is 1.12. The topological polar surface area (TPSA) is 101 Å². The van der Waals surface area contributed by atoms with Gasteiger partial charge in [0, 0.05) is 28.7 Å². The minimum absolute atomic E-state index is 0.0231. The van der Waals surface area contributed by atoms with Crippen LogP contribution in [0.3, 0.4) is 0 Å². The maximum Gasteiger partial charge on any atom is 0.417 e. The summed E-state index contributed by atoms with van der Waals surface area (Å²) in [6.07, 6.45) is -3.93. The number of amides is 2. The van der Waals surface area contributed by atoms with Crippen molar-refractivity contribution >= 4 is 23.4 Å². The first kappa shape index (κ1) is 22.9. The fraction of sp³-hybridized carbons (Fsp3) is 0.435. The Morgan fingerprint density at radius 2 is 1.94 bits per heavy atom. The summed E-state index contributed by atoms with van der Waals surface area (Å²) in [4.78, 5) is 29.2. The standard InChI is InChI=1S/C23H21ClF3N3O4/c24-13-2-4-17-15(5-13)16(31)6-18(34-17)19(32)30-22-9-21(10-22,11-22)20(33)29-8-14-3-1-12(7-28-14)23(25,26)27/h1-5,7,16,18,31H,6,8-11H2,(H,29,33)(H,30,32). The number of hydrogen-bond donors (Lipinski definition) is 3. The second-order valence-corrected chi connectivity index (χ2v) is 9.78. The third-order valence-electron chi connectivity index (χ3n) is 6.81. The minimum atomic E-state index is -4.46. The van der Waals surface area contributed by atoms with Gasteiger partial charge in [0.2, 0.25) is 5.91 Å². The van der Waals surface area contributed by atoms with E-state index in [9.17, 15) is 27.9 Å². The van der Waals surface area contributed by atoms with Crippen LogP contribution in [-0.2, 0) is 22.3 Å². The molecule has 1 aromatic heterocycles. The molecule has 3 saturated carbocycles. The number of halogens is 4. The van der Waals surface area contributed by atoms with Gasteiger partial charge >= 0.3 is 6.18 Å². The van der Waals surface area contributed by atoms with E-state index in [1.165, 1.54) is 6.07 Å². The molecular weight excluding hydrogens is 475 g/mol. The van der Waals surface area contributed by atoms with E-state index < -0.39 is 34.9 Å². The summed E-state index contributed by atoms with van der Waals surface area (Å²) >= 11 is 5.96. The smallest absolute Gasteiger partial charge is 0.417 e. The van der Waals surface area contributed by atoms with Crippen molar-refractivity contribution in [2.75, 3.05) is 0 Å². The molecule has 7 nitrogen and oxygen atoms in total. The molecule has 34 heavy (non-hydrogen) atoms. The zero-order valence-corrected chi connectivity index (χ0v) is 18.5. The van der Waals surface area contributed by atoms with Gasteiger partial charge in [0.05, 0.1) is 29.3 Å². The number of rotatable bonds is 5. The van der Waals surface area contributed by atoms with Crippen LogP contribution in [0.25, 0.3) is 0 Å². The molecule has 0 spiro atoms. The molecule has 2 heterocycles. The molecule has 2 bridgehead atoms. The van der Waals surface area contributed by atoms with Crippen LogP contribution in [-0.4, -0.2) is 33.5 Å². The van der Waals surface area contributed by atoms with Gasteiger partial charge in [-0.05, 0) is 49.6 Å². The molecule has 1 aromatic carbocycles. The maximum atomic E-state index is 12.8. The monoisotopic (exact) mass is 495 g/mol. The fourth-order valence-corrected chi connectivity index (χ4v) is 5.32. The molecule has 2 unspecified atom stereocenters. The van der Waals surface area contributed by atoms with E-state index in [0.29, 0.717) is 41.3 Å². The number of pyridine rings is 1. The van der Waals surface area contributed by atoms with Gasteiger partial charge in [-0.2, -0.15) is 13.2 Å². The molecule has 1 aliphatic heterocycles. The zero-order chi connectivity index (χ0) is 24.3. The van der Waals surface area contributed by atoms with E-state index in [0.717, 1.165) is 12.3 Å². The van der Waals surface area contributed by atoms with E-state index in [-0.39, 0.29) is 24.8 Å². The molecular formula is C23H21ClF3N3O4. The molecule has 11 heteroatoms. The van der Waals surface area contributed by atoms with E-state index in [4.69, 9.17) is 16.3 Å². The van der Waals surface area contributed by atoms with E-state index in [1.807, 2.05) is 0 Å². The number of hydrogen-bond acceptors (Lipinski definition) is 5. The van der Waals surface area contributed by atoms with Crippen molar-refractivity contribution in [3.05, 3.63) is 58.4 Å². The quantitative estimate of drug-likeness (QED) is 0.591. The Morgan fingerprint density at radius 1 is 1.21 bits per heavy atom. The number of nitrogens with one attached hydrogen (secondary N) is 2. The molecule has 0 radical (unpaired) electrons. The number of benzene rings is 1. The Labute approximate surface area is 197 Å². The van der Waals surface area contributed by atoms with Crippen LogP contribution < -0.4 is 15.4 Å². The summed E-state index contributed by atoms with van der Waals surface area (Å²) in [7, 11) is 0. The summed E-state index contributed by atoms with van der Waals surface area (Å²) in [5, 5.41) is 16.5. The molecule has 4 aliphatic rings. The number of carbonyl (C=O) groups excluding carboxylic acids is 2. The Bertz CT molecular complexity index is 1140. The van der Waals surface area contributed by atoms with E-state index in [1.54, 1.807) is 18.2 Å². The van der Waals surface area contributed by atoms with Gasteiger partial charge < -0.3 is 20.5 Å². The molecule has 2 amide bonds. The lowest BCUT2D eigenvalue weighted by molar-refractivity contribution is -0.185. The number of fused-ring (bicyclic) bond motifs is 1. The lowest BCUT2D eigenvalue weighted by Crippen LogP contribution is -2.79. The van der Waals surface area contributed by atoms with Gasteiger partial charge in [0.15, 0.2) is 6.10 Å². The molecule has 6 rings (SSSR count). The van der Waals surface area contributed by atoms with Crippen molar-refractivity contribution in [3.63, 3.8) is 0 Å². The first-order valence-electron chi connectivity index (χ1n) is 10.8. The Hall–Kier alpha value is -2.85. The zero-order valence-electron chi connectivity index (χ0n) is 17.8. The average Bonchev–Trinajstić information content (AvgIpc) is 2.73. The second-order valence-electron chi connectivity index (χ2n) is 9.34. The molecule has 2 atom stereocenters. The number of aromatic nitrogens is 1. The predicted octanol–water partition coefficient (Wildman–Crippen LogP) is 3.29. The van der Waals surface area contributed by atoms with Crippen LogP contribution in [0.4, 0.5) is 13.2 Å². The molecule has 3 aliphatic carbocycles. The maximum absolute atomic E-state index is 12.8. The van der Waals surface area contributed by atoms with Crippen LogP contribution in [0.2, 0.25) is 5.02 Å². The third kappa shape index (κ3) is 3.98. The van der Waals surface area contributed by atoms with Crippen LogP contribution in [0.1, 0.15) is 48.6 Å². The minimum Gasteiger partial charge on any atom is -0.480 e. The summed E-state index contributed by atoms with van der Waals surface area (Å²) < 4.78 is 43.6. The first-order valence-corrected chi connectivity index (χ1v) is 11.1.